The molecule has 6 nitrogen and oxygen atoms in total. The Morgan fingerprint density at radius 2 is 1.94 bits per heavy atom. The van der Waals surface area contributed by atoms with Crippen molar-refractivity contribution >= 4 is 28.8 Å². The van der Waals surface area contributed by atoms with E-state index >= 15 is 0 Å². The molecule has 2 heterocycles. The Kier molecular flexibility index (Phi) is 7.92. The smallest absolute Gasteiger partial charge is 0.275 e. The number of piperidine rings is 1. The zero-order chi connectivity index (χ0) is 24.8. The van der Waals surface area contributed by atoms with Gasteiger partial charge in [0.05, 0.1) is 5.01 Å². The van der Waals surface area contributed by atoms with Gasteiger partial charge in [-0.25, -0.2) is 9.37 Å². The fourth-order valence-corrected chi connectivity index (χ4v) is 5.17. The van der Waals surface area contributed by atoms with Crippen LogP contribution in [0.2, 0.25) is 0 Å². The number of aromatic hydroxyl groups is 1. The van der Waals surface area contributed by atoms with E-state index in [-0.39, 0.29) is 23.5 Å². The van der Waals surface area contributed by atoms with Crippen molar-refractivity contribution in [3.05, 3.63) is 77.0 Å². The van der Waals surface area contributed by atoms with Gasteiger partial charge in [-0.3, -0.25) is 9.59 Å². The van der Waals surface area contributed by atoms with Crippen LogP contribution in [0.25, 0.3) is 11.1 Å². The number of anilines is 1. The molecule has 2 N–H and O–H groups in total. The van der Waals surface area contributed by atoms with Crippen LogP contribution in [0.15, 0.2) is 60.5 Å². The van der Waals surface area contributed by atoms with Crippen LogP contribution in [0.3, 0.4) is 0 Å². The number of halogens is 1. The first-order valence-corrected chi connectivity index (χ1v) is 12.6. The Morgan fingerprint density at radius 1 is 1.20 bits per heavy atom. The first-order valence-electron chi connectivity index (χ1n) is 11.7. The average molecular weight is 494 g/mol. The number of nitrogens with one attached hydrogen (secondary N) is 1. The van der Waals surface area contributed by atoms with E-state index in [9.17, 15) is 19.1 Å². The van der Waals surface area contributed by atoms with Crippen molar-refractivity contribution in [3.63, 3.8) is 0 Å². The topological polar surface area (TPSA) is 82.5 Å². The van der Waals surface area contributed by atoms with Crippen molar-refractivity contribution in [2.75, 3.05) is 18.4 Å². The number of carbonyl (C=O) groups is 2. The molecule has 1 saturated heterocycles. The molecule has 0 saturated carbocycles. The van der Waals surface area contributed by atoms with Gasteiger partial charge in [0.1, 0.15) is 17.3 Å². The van der Waals surface area contributed by atoms with E-state index in [4.69, 9.17) is 0 Å². The van der Waals surface area contributed by atoms with E-state index in [0.29, 0.717) is 42.0 Å². The number of rotatable bonds is 8. The Balaban J connectivity index is 1.40. The van der Waals surface area contributed by atoms with Crippen LogP contribution < -0.4 is 5.32 Å². The standard InChI is InChI=1S/C27H28FN3O3S/c1-2-3-4-5-25(33)31-14-12-19(13-15-31)27-30-24(17-35-27)26(34)29-23-11-8-20(28)16-22(23)18-6-9-21(32)10-7-18/h2,6-11,16-17,19,32H,1,3-5,12-15H2,(H,29,34). The molecule has 1 aliphatic heterocycles. The molecule has 1 aliphatic rings. The molecule has 4 rings (SSSR count). The summed E-state index contributed by atoms with van der Waals surface area (Å²) in [6.07, 6.45) is 5.71. The van der Waals surface area contributed by atoms with Gasteiger partial charge in [0, 0.05) is 42.1 Å². The predicted molar refractivity (Wildman–Crippen MR) is 136 cm³/mol. The summed E-state index contributed by atoms with van der Waals surface area (Å²) in [5.74, 6) is -0.277. The molecule has 0 radical (unpaired) electrons. The van der Waals surface area contributed by atoms with Crippen LogP contribution in [0.5, 0.6) is 5.75 Å². The van der Waals surface area contributed by atoms with Gasteiger partial charge in [-0.05, 0) is 61.6 Å². The first kappa shape index (κ1) is 24.6. The number of amides is 2. The fraction of sp³-hybridized carbons (Fsp3) is 0.296. The highest BCUT2D eigenvalue weighted by atomic mass is 32.1. The number of carbonyl (C=O) groups excluding carboxylic acids is 2. The molecular weight excluding hydrogens is 465 g/mol. The molecular formula is C27H28FN3O3S. The molecule has 0 spiro atoms. The van der Waals surface area contributed by atoms with Crippen molar-refractivity contribution in [2.24, 2.45) is 0 Å². The number of aromatic nitrogens is 1. The van der Waals surface area contributed by atoms with E-state index < -0.39 is 5.82 Å². The Hall–Kier alpha value is -3.52. The predicted octanol–water partition coefficient (Wildman–Crippen LogP) is 5.97. The normalized spacial score (nSPS) is 14.0. The van der Waals surface area contributed by atoms with Gasteiger partial charge in [-0.1, -0.05) is 18.2 Å². The molecule has 3 aromatic rings. The summed E-state index contributed by atoms with van der Waals surface area (Å²) in [6, 6.07) is 10.5. The summed E-state index contributed by atoms with van der Waals surface area (Å²) in [7, 11) is 0. The third-order valence-corrected chi connectivity index (χ3v) is 7.17. The van der Waals surface area contributed by atoms with E-state index in [1.807, 2.05) is 11.0 Å². The number of allylic oxidation sites excluding steroid dienone is 1. The molecule has 35 heavy (non-hydrogen) atoms. The number of nitrogens with zero attached hydrogens (tertiary/aromatic N) is 2. The van der Waals surface area contributed by atoms with Crippen molar-refractivity contribution in [1.82, 2.24) is 9.88 Å². The number of likely N-dealkylation sites (tertiary alicyclic amines) is 1. The van der Waals surface area contributed by atoms with Crippen molar-refractivity contribution in [1.29, 1.82) is 0 Å². The first-order chi connectivity index (χ1) is 16.9. The molecule has 182 valence electrons. The number of unbranched alkanes of at least 4 members (excludes halogenated alkanes) is 1. The van der Waals surface area contributed by atoms with Gasteiger partial charge in [0.2, 0.25) is 5.91 Å². The van der Waals surface area contributed by atoms with Crippen molar-refractivity contribution < 1.29 is 19.1 Å². The van der Waals surface area contributed by atoms with Gasteiger partial charge in [0.15, 0.2) is 0 Å². The van der Waals surface area contributed by atoms with Gasteiger partial charge in [-0.15, -0.1) is 17.9 Å². The molecule has 1 aromatic heterocycles. The van der Waals surface area contributed by atoms with Gasteiger partial charge < -0.3 is 15.3 Å². The highest BCUT2D eigenvalue weighted by Gasteiger charge is 2.26. The van der Waals surface area contributed by atoms with E-state index in [1.54, 1.807) is 17.5 Å². The summed E-state index contributed by atoms with van der Waals surface area (Å²) in [5.41, 5.74) is 1.95. The summed E-state index contributed by atoms with van der Waals surface area (Å²) in [5, 5.41) is 15.0. The van der Waals surface area contributed by atoms with Gasteiger partial charge in [0.25, 0.3) is 5.91 Å². The maximum absolute atomic E-state index is 13.9. The Labute approximate surface area is 208 Å². The van der Waals surface area contributed by atoms with E-state index in [2.05, 4.69) is 16.9 Å². The molecule has 2 aromatic carbocycles. The zero-order valence-corrected chi connectivity index (χ0v) is 20.2. The van der Waals surface area contributed by atoms with Crippen LogP contribution in [0, 0.1) is 5.82 Å². The minimum Gasteiger partial charge on any atom is -0.508 e. The van der Waals surface area contributed by atoms with Crippen LogP contribution >= 0.6 is 11.3 Å². The fourth-order valence-electron chi connectivity index (χ4n) is 4.20. The Morgan fingerprint density at radius 3 is 2.66 bits per heavy atom. The van der Waals surface area contributed by atoms with Gasteiger partial charge in [-0.2, -0.15) is 0 Å². The Bertz CT molecular complexity index is 1200. The largest absolute Gasteiger partial charge is 0.508 e. The molecule has 0 bridgehead atoms. The minimum absolute atomic E-state index is 0.105. The number of hydrogen-bond acceptors (Lipinski definition) is 5. The third-order valence-electron chi connectivity index (χ3n) is 6.16. The maximum atomic E-state index is 13.9. The molecule has 8 heteroatoms. The van der Waals surface area contributed by atoms with Crippen LogP contribution in [-0.4, -0.2) is 39.9 Å². The summed E-state index contributed by atoms with van der Waals surface area (Å²) >= 11 is 1.45. The third kappa shape index (κ3) is 6.14. The SMILES string of the molecule is C=CCCCC(=O)N1CCC(c2nc(C(=O)Nc3ccc(F)cc3-c3ccc(O)cc3)cs2)CC1. The zero-order valence-electron chi connectivity index (χ0n) is 19.4. The number of hydrogen-bond donors (Lipinski definition) is 2. The van der Waals surface area contributed by atoms with Gasteiger partial charge >= 0.3 is 0 Å². The molecule has 0 atom stereocenters. The number of benzene rings is 2. The molecule has 1 fully saturated rings. The lowest BCUT2D eigenvalue weighted by Crippen LogP contribution is -2.37. The summed E-state index contributed by atoms with van der Waals surface area (Å²) < 4.78 is 13.9. The second kappa shape index (κ2) is 11.3. The van der Waals surface area contributed by atoms with Crippen LogP contribution in [-0.2, 0) is 4.79 Å². The van der Waals surface area contributed by atoms with Crippen molar-refractivity contribution in [2.45, 2.75) is 38.0 Å². The second-order valence-corrected chi connectivity index (χ2v) is 9.49. The second-order valence-electron chi connectivity index (χ2n) is 8.60. The monoisotopic (exact) mass is 493 g/mol. The number of phenols is 1. The highest BCUT2D eigenvalue weighted by molar-refractivity contribution is 7.10. The quantitative estimate of drug-likeness (QED) is 0.299. The average Bonchev–Trinajstić information content (AvgIpc) is 3.36. The number of thiazole rings is 1. The molecule has 0 aliphatic carbocycles. The lowest BCUT2D eigenvalue weighted by molar-refractivity contribution is -0.132. The highest BCUT2D eigenvalue weighted by Crippen LogP contribution is 2.33. The van der Waals surface area contributed by atoms with Crippen molar-refractivity contribution in [3.8, 4) is 16.9 Å². The van der Waals surface area contributed by atoms with Crippen LogP contribution in [0.1, 0.15) is 53.5 Å². The van der Waals surface area contributed by atoms with Crippen LogP contribution in [0.4, 0.5) is 10.1 Å². The summed E-state index contributed by atoms with van der Waals surface area (Å²) in [4.78, 5) is 31.8. The molecule has 2 amide bonds. The summed E-state index contributed by atoms with van der Waals surface area (Å²) in [6.45, 7) is 5.09. The maximum Gasteiger partial charge on any atom is 0.275 e. The minimum atomic E-state index is -0.424. The lowest BCUT2D eigenvalue weighted by Gasteiger charge is -2.31. The van der Waals surface area contributed by atoms with E-state index in [0.717, 1.165) is 30.7 Å². The lowest BCUT2D eigenvalue weighted by atomic mass is 9.97. The van der Waals surface area contributed by atoms with E-state index in [1.165, 1.54) is 41.7 Å². The molecule has 0 unspecified atom stereocenters. The number of phenolic OH excluding ortho intramolecular Hbond substituents is 1.